The van der Waals surface area contributed by atoms with E-state index in [0.29, 0.717) is 18.0 Å². The van der Waals surface area contributed by atoms with Gasteiger partial charge in [-0.3, -0.25) is 4.79 Å². The summed E-state index contributed by atoms with van der Waals surface area (Å²) in [6.45, 7) is 3.20. The lowest BCUT2D eigenvalue weighted by atomic mass is 10.1. The lowest BCUT2D eigenvalue weighted by molar-refractivity contribution is -0.127. The summed E-state index contributed by atoms with van der Waals surface area (Å²) in [5, 5.41) is 9.36. The summed E-state index contributed by atoms with van der Waals surface area (Å²) in [7, 11) is 4.98. The summed E-state index contributed by atoms with van der Waals surface area (Å²) in [5.41, 5.74) is 1.90. The zero-order valence-electron chi connectivity index (χ0n) is 17.7. The van der Waals surface area contributed by atoms with Crippen molar-refractivity contribution in [1.82, 2.24) is 19.7 Å². The van der Waals surface area contributed by atoms with Crippen LogP contribution in [0.2, 0.25) is 0 Å². The van der Waals surface area contributed by atoms with E-state index in [1.54, 1.807) is 26.2 Å². The number of hydrogen-bond acceptors (Lipinski definition) is 6. The lowest BCUT2D eigenvalue weighted by Crippen LogP contribution is -2.28. The van der Waals surface area contributed by atoms with E-state index in [1.165, 1.54) is 11.8 Å². The Morgan fingerprint density at radius 2 is 1.83 bits per heavy atom. The van der Waals surface area contributed by atoms with Gasteiger partial charge in [-0.2, -0.15) is 0 Å². The highest BCUT2D eigenvalue weighted by Gasteiger charge is 2.18. The number of carbonyl (C=O) groups is 1. The Kier molecular flexibility index (Phi) is 7.35. The van der Waals surface area contributed by atoms with Crippen LogP contribution in [0.25, 0.3) is 11.4 Å². The number of para-hydroxylation sites is 1. The van der Waals surface area contributed by atoms with Crippen LogP contribution >= 0.6 is 11.8 Å². The predicted molar refractivity (Wildman–Crippen MR) is 118 cm³/mol. The second-order valence-electron chi connectivity index (χ2n) is 6.61. The van der Waals surface area contributed by atoms with Crippen LogP contribution < -0.4 is 9.47 Å². The molecule has 0 spiro atoms. The Balaban J connectivity index is 1.67. The molecule has 158 valence electrons. The van der Waals surface area contributed by atoms with Gasteiger partial charge in [0.2, 0.25) is 5.91 Å². The Morgan fingerprint density at radius 3 is 2.50 bits per heavy atom. The van der Waals surface area contributed by atoms with Gasteiger partial charge in [0.05, 0.1) is 20.0 Å². The van der Waals surface area contributed by atoms with Crippen LogP contribution in [0, 0.1) is 0 Å². The first-order valence-electron chi connectivity index (χ1n) is 9.64. The largest absolute Gasteiger partial charge is 0.493 e. The van der Waals surface area contributed by atoms with E-state index in [9.17, 15) is 4.79 Å². The van der Waals surface area contributed by atoms with Crippen LogP contribution in [0.3, 0.4) is 0 Å². The van der Waals surface area contributed by atoms with Gasteiger partial charge in [-0.15, -0.1) is 10.2 Å². The molecule has 0 aliphatic carbocycles. The minimum absolute atomic E-state index is 0.00297. The molecule has 3 aromatic rings. The van der Waals surface area contributed by atoms with Gasteiger partial charge < -0.3 is 18.9 Å². The first kappa shape index (κ1) is 21.7. The standard InChI is InChI=1S/C22H26N4O3S/c1-5-26-21(16-10-7-6-8-11-16)23-24-22(26)30-15-19(27)25(2)14-17-12-9-13-18(28-3)20(17)29-4/h6-13H,5,14-15H2,1-4H3. The lowest BCUT2D eigenvalue weighted by Gasteiger charge is -2.19. The molecule has 0 bridgehead atoms. The number of carbonyl (C=O) groups excluding carboxylic acids is 1. The van der Waals surface area contributed by atoms with Gasteiger partial charge in [0.25, 0.3) is 0 Å². The maximum atomic E-state index is 12.7. The molecular weight excluding hydrogens is 400 g/mol. The normalized spacial score (nSPS) is 10.7. The number of benzene rings is 2. The van der Waals surface area contributed by atoms with E-state index < -0.39 is 0 Å². The number of rotatable bonds is 9. The van der Waals surface area contributed by atoms with Gasteiger partial charge in [-0.25, -0.2) is 0 Å². The number of aromatic nitrogens is 3. The number of hydrogen-bond donors (Lipinski definition) is 0. The fourth-order valence-corrected chi connectivity index (χ4v) is 4.08. The molecular formula is C22H26N4O3S. The Labute approximate surface area is 181 Å². The average molecular weight is 427 g/mol. The summed E-state index contributed by atoms with van der Waals surface area (Å²) >= 11 is 1.39. The van der Waals surface area contributed by atoms with E-state index in [0.717, 1.165) is 28.7 Å². The second-order valence-corrected chi connectivity index (χ2v) is 7.55. The number of thioether (sulfide) groups is 1. The molecule has 0 aliphatic rings. The maximum Gasteiger partial charge on any atom is 0.233 e. The minimum atomic E-state index is -0.00297. The zero-order chi connectivity index (χ0) is 21.5. The summed E-state index contributed by atoms with van der Waals surface area (Å²) in [6.07, 6.45) is 0. The molecule has 0 aliphatic heterocycles. The van der Waals surface area contributed by atoms with E-state index in [1.807, 2.05) is 60.0 Å². The molecule has 1 aromatic heterocycles. The van der Waals surface area contributed by atoms with Gasteiger partial charge in [0, 0.05) is 31.3 Å². The van der Waals surface area contributed by atoms with Crippen molar-refractivity contribution in [2.75, 3.05) is 27.0 Å². The van der Waals surface area contributed by atoms with Crippen LogP contribution in [0.1, 0.15) is 12.5 Å². The molecule has 0 radical (unpaired) electrons. The van der Waals surface area contributed by atoms with Crippen molar-refractivity contribution >= 4 is 17.7 Å². The first-order chi connectivity index (χ1) is 14.6. The van der Waals surface area contributed by atoms with Crippen LogP contribution in [0.5, 0.6) is 11.5 Å². The van der Waals surface area contributed by atoms with Crippen LogP contribution in [-0.4, -0.2) is 52.6 Å². The molecule has 7 nitrogen and oxygen atoms in total. The van der Waals surface area contributed by atoms with E-state index >= 15 is 0 Å². The summed E-state index contributed by atoms with van der Waals surface area (Å²) in [4.78, 5) is 14.4. The Morgan fingerprint density at radius 1 is 1.07 bits per heavy atom. The van der Waals surface area contributed by atoms with Crippen molar-refractivity contribution < 1.29 is 14.3 Å². The summed E-state index contributed by atoms with van der Waals surface area (Å²) < 4.78 is 12.8. The predicted octanol–water partition coefficient (Wildman–Crippen LogP) is 3.73. The van der Waals surface area contributed by atoms with Crippen LogP contribution in [-0.2, 0) is 17.9 Å². The SMILES string of the molecule is CCn1c(SCC(=O)N(C)Cc2cccc(OC)c2OC)nnc1-c1ccccc1. The molecule has 30 heavy (non-hydrogen) atoms. The van der Waals surface area contributed by atoms with Crippen molar-refractivity contribution in [3.8, 4) is 22.9 Å². The molecule has 0 atom stereocenters. The summed E-state index contributed by atoms with van der Waals surface area (Å²) in [6, 6.07) is 15.6. The Hall–Kier alpha value is -3.00. The zero-order valence-corrected chi connectivity index (χ0v) is 18.5. The van der Waals surface area contributed by atoms with Crippen molar-refractivity contribution in [2.24, 2.45) is 0 Å². The first-order valence-corrected chi connectivity index (χ1v) is 10.6. The quantitative estimate of drug-likeness (QED) is 0.486. The highest BCUT2D eigenvalue weighted by Crippen LogP contribution is 2.31. The van der Waals surface area contributed by atoms with E-state index in [-0.39, 0.29) is 11.7 Å². The highest BCUT2D eigenvalue weighted by molar-refractivity contribution is 7.99. The monoisotopic (exact) mass is 426 g/mol. The third-order valence-corrected chi connectivity index (χ3v) is 5.66. The molecule has 8 heteroatoms. The average Bonchev–Trinajstić information content (AvgIpc) is 3.20. The molecule has 0 saturated heterocycles. The maximum absolute atomic E-state index is 12.7. The minimum Gasteiger partial charge on any atom is -0.493 e. The fraction of sp³-hybridized carbons (Fsp3) is 0.318. The third-order valence-electron chi connectivity index (χ3n) is 4.71. The number of amides is 1. The molecule has 0 N–H and O–H groups in total. The number of nitrogens with zero attached hydrogens (tertiary/aromatic N) is 4. The van der Waals surface area contributed by atoms with E-state index in [4.69, 9.17) is 9.47 Å². The van der Waals surface area contributed by atoms with Gasteiger partial charge in [-0.1, -0.05) is 54.2 Å². The molecule has 0 fully saturated rings. The number of methoxy groups -OCH3 is 2. The smallest absolute Gasteiger partial charge is 0.233 e. The van der Waals surface area contributed by atoms with Gasteiger partial charge >= 0.3 is 0 Å². The molecule has 0 saturated carbocycles. The van der Waals surface area contributed by atoms with E-state index in [2.05, 4.69) is 10.2 Å². The van der Waals surface area contributed by atoms with Crippen molar-refractivity contribution in [1.29, 1.82) is 0 Å². The van der Waals surface area contributed by atoms with Gasteiger partial charge in [0.15, 0.2) is 22.5 Å². The third kappa shape index (κ3) is 4.76. The number of ether oxygens (including phenoxy) is 2. The molecule has 0 unspecified atom stereocenters. The van der Waals surface area contributed by atoms with Gasteiger partial charge in [0.1, 0.15) is 0 Å². The molecule has 2 aromatic carbocycles. The topological polar surface area (TPSA) is 69.5 Å². The Bertz CT molecular complexity index is 991. The van der Waals surface area contributed by atoms with Crippen molar-refractivity contribution in [2.45, 2.75) is 25.2 Å². The highest BCUT2D eigenvalue weighted by atomic mass is 32.2. The fourth-order valence-electron chi connectivity index (χ4n) is 3.14. The summed E-state index contributed by atoms with van der Waals surface area (Å²) in [5.74, 6) is 2.37. The van der Waals surface area contributed by atoms with Crippen molar-refractivity contribution in [3.63, 3.8) is 0 Å². The van der Waals surface area contributed by atoms with Crippen LogP contribution in [0.4, 0.5) is 0 Å². The van der Waals surface area contributed by atoms with Crippen LogP contribution in [0.15, 0.2) is 53.7 Å². The van der Waals surface area contributed by atoms with Gasteiger partial charge in [-0.05, 0) is 13.0 Å². The van der Waals surface area contributed by atoms with Crippen molar-refractivity contribution in [3.05, 3.63) is 54.1 Å². The molecule has 3 rings (SSSR count). The molecule has 1 amide bonds. The second kappa shape index (κ2) is 10.2. The molecule has 1 heterocycles.